The molecule has 4 heteroatoms. The zero-order valence-corrected chi connectivity index (χ0v) is 10.6. The van der Waals surface area contributed by atoms with Crippen LogP contribution >= 0.6 is 11.3 Å². The lowest BCUT2D eigenvalue weighted by atomic mass is 9.87. The topological polar surface area (TPSA) is 25.4 Å². The molecule has 1 spiro atoms. The Morgan fingerprint density at radius 1 is 1.56 bits per heavy atom. The quantitative estimate of drug-likeness (QED) is 0.788. The van der Waals surface area contributed by atoms with E-state index in [9.17, 15) is 0 Å². The van der Waals surface area contributed by atoms with Gasteiger partial charge < -0.3 is 4.74 Å². The van der Waals surface area contributed by atoms with Crippen molar-refractivity contribution in [2.75, 3.05) is 26.3 Å². The van der Waals surface area contributed by atoms with Crippen LogP contribution in [0.15, 0.2) is 5.38 Å². The Morgan fingerprint density at radius 3 is 3.19 bits per heavy atom. The molecule has 1 atom stereocenters. The predicted molar refractivity (Wildman–Crippen MR) is 64.6 cm³/mol. The lowest BCUT2D eigenvalue weighted by Crippen LogP contribution is -2.27. The summed E-state index contributed by atoms with van der Waals surface area (Å²) in [6.45, 7) is 7.43. The molecule has 88 valence electrons. The molecule has 3 heterocycles. The smallest absolute Gasteiger partial charge is 0.0897 e. The lowest BCUT2D eigenvalue weighted by Gasteiger charge is -2.21. The standard InChI is InChI=1S/C12H18N2OS/c1-10-13-11(7-16-10)6-14-4-2-12(8-14)3-5-15-9-12/h7H,2-6,8-9H2,1H3. The molecule has 2 fully saturated rings. The van der Waals surface area contributed by atoms with Crippen molar-refractivity contribution in [2.45, 2.75) is 26.3 Å². The molecule has 2 aliphatic heterocycles. The van der Waals surface area contributed by atoms with Crippen LogP contribution in [0.25, 0.3) is 0 Å². The highest BCUT2D eigenvalue weighted by atomic mass is 32.1. The van der Waals surface area contributed by atoms with Gasteiger partial charge in [-0.05, 0) is 26.3 Å². The molecular formula is C12H18N2OS. The molecule has 0 aliphatic carbocycles. The lowest BCUT2D eigenvalue weighted by molar-refractivity contribution is 0.151. The third kappa shape index (κ3) is 2.01. The van der Waals surface area contributed by atoms with Gasteiger partial charge in [0.15, 0.2) is 0 Å². The highest BCUT2D eigenvalue weighted by Crippen LogP contribution is 2.38. The first kappa shape index (κ1) is 10.7. The van der Waals surface area contributed by atoms with Gasteiger partial charge in [0.25, 0.3) is 0 Å². The third-order valence-corrected chi connectivity index (χ3v) is 4.58. The number of rotatable bonds is 2. The Balaban J connectivity index is 1.61. The molecule has 3 rings (SSSR count). The van der Waals surface area contributed by atoms with E-state index in [0.29, 0.717) is 5.41 Å². The first-order valence-electron chi connectivity index (χ1n) is 5.97. The van der Waals surface area contributed by atoms with E-state index in [-0.39, 0.29) is 0 Å². The minimum absolute atomic E-state index is 0.477. The number of thiazole rings is 1. The SMILES string of the molecule is Cc1nc(CN2CCC3(CCOC3)C2)cs1. The fourth-order valence-corrected chi connectivity index (χ4v) is 3.45. The van der Waals surface area contributed by atoms with Crippen LogP contribution in [0.2, 0.25) is 0 Å². The van der Waals surface area contributed by atoms with Crippen LogP contribution in [0.3, 0.4) is 0 Å². The molecule has 0 amide bonds. The molecule has 3 nitrogen and oxygen atoms in total. The van der Waals surface area contributed by atoms with E-state index in [1.54, 1.807) is 11.3 Å². The Labute approximate surface area is 100 Å². The van der Waals surface area contributed by atoms with Gasteiger partial charge in [0.2, 0.25) is 0 Å². The van der Waals surface area contributed by atoms with Crippen molar-refractivity contribution in [3.8, 4) is 0 Å². The summed E-state index contributed by atoms with van der Waals surface area (Å²) in [4.78, 5) is 7.07. The zero-order chi connectivity index (χ0) is 11.0. The average Bonchev–Trinajstić information content (AvgIpc) is 2.94. The van der Waals surface area contributed by atoms with E-state index in [2.05, 4.69) is 22.2 Å². The maximum absolute atomic E-state index is 5.54. The van der Waals surface area contributed by atoms with Crippen molar-refractivity contribution in [3.05, 3.63) is 16.1 Å². The summed E-state index contributed by atoms with van der Waals surface area (Å²) in [7, 11) is 0. The average molecular weight is 238 g/mol. The normalized spacial score (nSPS) is 30.6. The van der Waals surface area contributed by atoms with Crippen molar-refractivity contribution in [3.63, 3.8) is 0 Å². The summed E-state index contributed by atoms with van der Waals surface area (Å²) in [5.41, 5.74) is 1.71. The highest BCUT2D eigenvalue weighted by Gasteiger charge is 2.41. The largest absolute Gasteiger partial charge is 0.381 e. The minimum atomic E-state index is 0.477. The van der Waals surface area contributed by atoms with Gasteiger partial charge in [-0.2, -0.15) is 0 Å². The van der Waals surface area contributed by atoms with Gasteiger partial charge in [-0.1, -0.05) is 0 Å². The Kier molecular flexibility index (Phi) is 2.73. The van der Waals surface area contributed by atoms with Crippen LogP contribution in [0.4, 0.5) is 0 Å². The summed E-state index contributed by atoms with van der Waals surface area (Å²) in [5, 5.41) is 3.36. The number of aromatic nitrogens is 1. The van der Waals surface area contributed by atoms with E-state index in [0.717, 1.165) is 19.8 Å². The van der Waals surface area contributed by atoms with Crippen LogP contribution < -0.4 is 0 Å². The van der Waals surface area contributed by atoms with Crippen molar-refractivity contribution in [1.29, 1.82) is 0 Å². The van der Waals surface area contributed by atoms with Crippen molar-refractivity contribution >= 4 is 11.3 Å². The van der Waals surface area contributed by atoms with Crippen molar-refractivity contribution in [2.24, 2.45) is 5.41 Å². The fourth-order valence-electron chi connectivity index (χ4n) is 2.84. The second-order valence-electron chi connectivity index (χ2n) is 5.12. The van der Waals surface area contributed by atoms with E-state index in [4.69, 9.17) is 4.74 Å². The number of hydrogen-bond acceptors (Lipinski definition) is 4. The van der Waals surface area contributed by atoms with Crippen molar-refractivity contribution < 1.29 is 4.74 Å². The van der Waals surface area contributed by atoms with E-state index >= 15 is 0 Å². The van der Waals surface area contributed by atoms with Crippen LogP contribution in [0, 0.1) is 12.3 Å². The van der Waals surface area contributed by atoms with Crippen LogP contribution in [-0.2, 0) is 11.3 Å². The van der Waals surface area contributed by atoms with Gasteiger partial charge in [-0.25, -0.2) is 4.98 Å². The Bertz CT molecular complexity index is 371. The van der Waals surface area contributed by atoms with Gasteiger partial charge in [0, 0.05) is 30.5 Å². The maximum atomic E-state index is 5.54. The molecule has 16 heavy (non-hydrogen) atoms. The number of ether oxygens (including phenoxy) is 1. The molecule has 0 bridgehead atoms. The van der Waals surface area contributed by atoms with Crippen LogP contribution in [0.5, 0.6) is 0 Å². The molecule has 0 radical (unpaired) electrons. The Morgan fingerprint density at radius 2 is 2.50 bits per heavy atom. The fraction of sp³-hybridized carbons (Fsp3) is 0.750. The molecule has 0 N–H and O–H groups in total. The predicted octanol–water partition coefficient (Wildman–Crippen LogP) is 2.06. The molecular weight excluding hydrogens is 220 g/mol. The van der Waals surface area contributed by atoms with Crippen LogP contribution in [0.1, 0.15) is 23.5 Å². The number of likely N-dealkylation sites (tertiary alicyclic amines) is 1. The molecule has 0 saturated carbocycles. The van der Waals surface area contributed by atoms with Crippen molar-refractivity contribution in [1.82, 2.24) is 9.88 Å². The summed E-state index contributed by atoms with van der Waals surface area (Å²) in [5.74, 6) is 0. The zero-order valence-electron chi connectivity index (χ0n) is 9.74. The second kappa shape index (κ2) is 4.09. The molecule has 1 unspecified atom stereocenters. The maximum Gasteiger partial charge on any atom is 0.0897 e. The molecule has 2 aliphatic rings. The summed E-state index contributed by atoms with van der Waals surface area (Å²) < 4.78 is 5.54. The molecule has 2 saturated heterocycles. The van der Waals surface area contributed by atoms with E-state index in [1.165, 1.54) is 36.6 Å². The number of hydrogen-bond donors (Lipinski definition) is 0. The Hall–Kier alpha value is -0.450. The van der Waals surface area contributed by atoms with Gasteiger partial charge >= 0.3 is 0 Å². The van der Waals surface area contributed by atoms with E-state index < -0.39 is 0 Å². The highest BCUT2D eigenvalue weighted by molar-refractivity contribution is 7.09. The van der Waals surface area contributed by atoms with Gasteiger partial charge in [0.1, 0.15) is 0 Å². The van der Waals surface area contributed by atoms with Gasteiger partial charge in [-0.15, -0.1) is 11.3 Å². The van der Waals surface area contributed by atoms with E-state index in [1.807, 2.05) is 0 Å². The molecule has 1 aromatic heterocycles. The second-order valence-corrected chi connectivity index (χ2v) is 6.18. The molecule has 1 aromatic rings. The first-order valence-corrected chi connectivity index (χ1v) is 6.85. The number of aryl methyl sites for hydroxylation is 1. The summed E-state index contributed by atoms with van der Waals surface area (Å²) in [6, 6.07) is 0. The molecule has 0 aromatic carbocycles. The van der Waals surface area contributed by atoms with Gasteiger partial charge in [0.05, 0.1) is 17.3 Å². The van der Waals surface area contributed by atoms with Crippen LogP contribution in [-0.4, -0.2) is 36.2 Å². The minimum Gasteiger partial charge on any atom is -0.381 e. The summed E-state index contributed by atoms with van der Waals surface area (Å²) in [6.07, 6.45) is 2.55. The number of nitrogens with zero attached hydrogens (tertiary/aromatic N) is 2. The first-order chi connectivity index (χ1) is 7.76. The monoisotopic (exact) mass is 238 g/mol. The summed E-state index contributed by atoms with van der Waals surface area (Å²) >= 11 is 1.75. The third-order valence-electron chi connectivity index (χ3n) is 3.75. The van der Waals surface area contributed by atoms with Gasteiger partial charge in [-0.3, -0.25) is 4.90 Å².